The van der Waals surface area contributed by atoms with Crippen molar-refractivity contribution >= 4 is 71.2 Å². The number of hydrogen-bond donors (Lipinski definition) is 0. The van der Waals surface area contributed by atoms with Gasteiger partial charge in [0.1, 0.15) is 0 Å². The minimum Gasteiger partial charge on any atom is -0.310 e. The third-order valence-electron chi connectivity index (χ3n) is 16.6. The number of hydrogen-bond acceptors (Lipinski definition) is 1. The van der Waals surface area contributed by atoms with Crippen molar-refractivity contribution in [3.63, 3.8) is 0 Å². The van der Waals surface area contributed by atoms with Gasteiger partial charge in [0.2, 0.25) is 0 Å². The number of benzene rings is 13. The van der Waals surface area contributed by atoms with Gasteiger partial charge in [-0.1, -0.05) is 212 Å². The van der Waals surface area contributed by atoms with Crippen LogP contribution in [0.3, 0.4) is 0 Å². The van der Waals surface area contributed by atoms with Crippen molar-refractivity contribution in [2.24, 2.45) is 0 Å². The van der Waals surface area contributed by atoms with Crippen molar-refractivity contribution in [3.8, 4) is 50.2 Å². The van der Waals surface area contributed by atoms with E-state index >= 15 is 0 Å². The average molecular weight is 951 g/mol. The zero-order chi connectivity index (χ0) is 49.2. The zero-order valence-electron chi connectivity index (χ0n) is 41.0. The molecule has 0 atom stereocenters. The maximum atomic E-state index is 2.44. The van der Waals surface area contributed by atoms with E-state index in [4.69, 9.17) is 0 Å². The summed E-state index contributed by atoms with van der Waals surface area (Å²) in [6.45, 7) is 0. The molecule has 0 saturated heterocycles. The van der Waals surface area contributed by atoms with Gasteiger partial charge in [0.15, 0.2) is 0 Å². The standard InChI is InChI=1S/C73H46N2/c1-2-17-57-55(15-1)56-16-3-4-18-58(56)65-46-54(42-43-59(57)65)74(51-36-29-47(30-37-51)48-31-40-53(41-32-48)75-71-27-13-8-22-63(71)64-23-9-14-28-72(64)75)52-38-33-49(34-39-52)50-35-44-70-66(45-50)62-21-7-12-26-69(62)73(70)67-24-10-5-19-60(67)61-20-6-11-25-68(61)73/h1-46H. The summed E-state index contributed by atoms with van der Waals surface area (Å²) >= 11 is 0. The van der Waals surface area contributed by atoms with E-state index < -0.39 is 0 Å². The van der Waals surface area contributed by atoms with Crippen LogP contribution in [0.25, 0.3) is 104 Å². The van der Waals surface area contributed by atoms with Crippen molar-refractivity contribution in [1.82, 2.24) is 4.57 Å². The van der Waals surface area contributed by atoms with Crippen LogP contribution in [0.2, 0.25) is 0 Å². The molecule has 0 fully saturated rings. The highest BCUT2D eigenvalue weighted by Gasteiger charge is 2.51. The lowest BCUT2D eigenvalue weighted by molar-refractivity contribution is 0.794. The molecule has 75 heavy (non-hydrogen) atoms. The fourth-order valence-corrected chi connectivity index (χ4v) is 13.4. The molecule has 1 heterocycles. The highest BCUT2D eigenvalue weighted by molar-refractivity contribution is 6.26. The lowest BCUT2D eigenvalue weighted by atomic mass is 9.70. The number of fused-ring (bicyclic) bond motifs is 19. The summed E-state index contributed by atoms with van der Waals surface area (Å²) in [5.41, 5.74) is 22.0. The molecule has 0 N–H and O–H groups in total. The monoisotopic (exact) mass is 950 g/mol. The summed E-state index contributed by atoms with van der Waals surface area (Å²) in [4.78, 5) is 2.42. The van der Waals surface area contributed by atoms with Gasteiger partial charge in [-0.3, -0.25) is 0 Å². The van der Waals surface area contributed by atoms with E-state index in [0.29, 0.717) is 0 Å². The first kappa shape index (κ1) is 41.8. The fraction of sp³-hybridized carbons (Fsp3) is 0.0137. The first-order valence-electron chi connectivity index (χ1n) is 26.1. The molecule has 2 aliphatic rings. The van der Waals surface area contributed by atoms with Gasteiger partial charge < -0.3 is 9.47 Å². The lowest BCUT2D eigenvalue weighted by Crippen LogP contribution is -2.25. The molecule has 0 unspecified atom stereocenters. The van der Waals surface area contributed by atoms with Crippen LogP contribution in [0.4, 0.5) is 17.1 Å². The molecule has 1 aromatic heterocycles. The van der Waals surface area contributed by atoms with Crippen molar-refractivity contribution in [3.05, 3.63) is 301 Å². The van der Waals surface area contributed by atoms with Gasteiger partial charge in [-0.25, -0.2) is 0 Å². The molecule has 13 aromatic carbocycles. The van der Waals surface area contributed by atoms with Gasteiger partial charge in [0.05, 0.1) is 16.4 Å². The molecule has 0 saturated carbocycles. The van der Waals surface area contributed by atoms with Crippen molar-refractivity contribution in [1.29, 1.82) is 0 Å². The van der Waals surface area contributed by atoms with Gasteiger partial charge in [-0.15, -0.1) is 0 Å². The largest absolute Gasteiger partial charge is 0.310 e. The molecule has 1 spiro atoms. The van der Waals surface area contributed by atoms with Gasteiger partial charge in [-0.05, 0) is 166 Å². The number of rotatable bonds is 6. The quantitative estimate of drug-likeness (QED) is 0.151. The summed E-state index contributed by atoms with van der Waals surface area (Å²) in [5.74, 6) is 0. The molecule has 0 amide bonds. The smallest absolute Gasteiger partial charge is 0.0725 e. The zero-order valence-corrected chi connectivity index (χ0v) is 41.0. The van der Waals surface area contributed by atoms with Crippen molar-refractivity contribution in [2.75, 3.05) is 4.90 Å². The first-order valence-corrected chi connectivity index (χ1v) is 26.1. The molecule has 0 aliphatic heterocycles. The minimum atomic E-state index is -0.355. The summed E-state index contributed by atoms with van der Waals surface area (Å²) in [5, 5.41) is 10.1. The number of anilines is 3. The summed E-state index contributed by atoms with van der Waals surface area (Å²) in [6.07, 6.45) is 0. The Kier molecular flexibility index (Phi) is 8.99. The van der Waals surface area contributed by atoms with Crippen molar-refractivity contribution < 1.29 is 0 Å². The van der Waals surface area contributed by atoms with E-state index in [-0.39, 0.29) is 5.41 Å². The van der Waals surface area contributed by atoms with Gasteiger partial charge in [0, 0.05) is 33.5 Å². The molecule has 2 heteroatoms. The van der Waals surface area contributed by atoms with Gasteiger partial charge in [-0.2, -0.15) is 0 Å². The lowest BCUT2D eigenvalue weighted by Gasteiger charge is -2.30. The Balaban J connectivity index is 0.801. The Bertz CT molecular complexity index is 4500. The van der Waals surface area contributed by atoms with E-state index in [1.165, 1.54) is 121 Å². The molecule has 2 aliphatic carbocycles. The fourth-order valence-electron chi connectivity index (χ4n) is 13.4. The van der Waals surface area contributed by atoms with Crippen LogP contribution in [0.1, 0.15) is 22.3 Å². The molecule has 0 radical (unpaired) electrons. The highest BCUT2D eigenvalue weighted by Crippen LogP contribution is 2.63. The molecule has 16 rings (SSSR count). The van der Waals surface area contributed by atoms with Crippen LogP contribution in [-0.4, -0.2) is 4.57 Å². The predicted octanol–water partition coefficient (Wildman–Crippen LogP) is 19.4. The SMILES string of the molecule is c1ccc2c(c1)-c1ccccc1C21c2ccccc2-c2cc(-c3ccc(N(c4ccc(-c5ccc(-n6c7ccccc7c7ccccc76)cc5)cc4)c4ccc5c6ccccc6c6ccccc6c5c4)cc3)ccc21. The minimum absolute atomic E-state index is 0.355. The molecular weight excluding hydrogens is 905 g/mol. The second-order valence-corrected chi connectivity index (χ2v) is 20.3. The summed E-state index contributed by atoms with van der Waals surface area (Å²) in [7, 11) is 0. The van der Waals surface area contributed by atoms with Gasteiger partial charge in [0.25, 0.3) is 0 Å². The summed E-state index contributed by atoms with van der Waals surface area (Å²) < 4.78 is 2.38. The van der Waals surface area contributed by atoms with E-state index in [9.17, 15) is 0 Å². The van der Waals surface area contributed by atoms with Crippen LogP contribution in [0.15, 0.2) is 279 Å². The number of para-hydroxylation sites is 2. The molecule has 14 aromatic rings. The number of nitrogens with zero attached hydrogens (tertiary/aromatic N) is 2. The van der Waals surface area contributed by atoms with Crippen LogP contribution < -0.4 is 4.90 Å². The van der Waals surface area contributed by atoms with Crippen LogP contribution in [0.5, 0.6) is 0 Å². The number of aromatic nitrogens is 1. The second-order valence-electron chi connectivity index (χ2n) is 20.3. The summed E-state index contributed by atoms with van der Waals surface area (Å²) in [6, 6.07) is 104. The first-order chi connectivity index (χ1) is 37.2. The third-order valence-corrected chi connectivity index (χ3v) is 16.6. The van der Waals surface area contributed by atoms with Crippen LogP contribution in [-0.2, 0) is 5.41 Å². The topological polar surface area (TPSA) is 8.17 Å². The Labute approximate surface area is 435 Å². The molecule has 2 nitrogen and oxygen atoms in total. The normalized spacial score (nSPS) is 12.9. The Morgan fingerprint density at radius 3 is 1.12 bits per heavy atom. The molecule has 348 valence electrons. The second kappa shape index (κ2) is 16.1. The van der Waals surface area contributed by atoms with E-state index in [1.54, 1.807) is 0 Å². The maximum Gasteiger partial charge on any atom is 0.0725 e. The Hall–Kier alpha value is -9.76. The van der Waals surface area contributed by atoms with Crippen molar-refractivity contribution in [2.45, 2.75) is 5.41 Å². The van der Waals surface area contributed by atoms with E-state index in [0.717, 1.165) is 22.7 Å². The maximum absolute atomic E-state index is 2.44. The van der Waals surface area contributed by atoms with Gasteiger partial charge >= 0.3 is 0 Å². The van der Waals surface area contributed by atoms with E-state index in [1.807, 2.05) is 0 Å². The van der Waals surface area contributed by atoms with Crippen LogP contribution >= 0.6 is 0 Å². The molecular formula is C73H46N2. The third kappa shape index (κ3) is 6.02. The highest BCUT2D eigenvalue weighted by atomic mass is 15.1. The predicted molar refractivity (Wildman–Crippen MR) is 315 cm³/mol. The van der Waals surface area contributed by atoms with Crippen LogP contribution in [0, 0.1) is 0 Å². The average Bonchev–Trinajstić information content (AvgIpc) is 4.11. The Morgan fingerprint density at radius 1 is 0.240 bits per heavy atom. The van der Waals surface area contributed by atoms with E-state index in [2.05, 4.69) is 289 Å². The Morgan fingerprint density at radius 2 is 0.600 bits per heavy atom. The molecule has 0 bridgehead atoms.